The molecule has 0 unspecified atom stereocenters. The molecule has 0 aliphatic carbocycles. The number of carbonyl (C=O) groups is 1. The fraction of sp³-hybridized carbons (Fsp3) is 0.391. The fourth-order valence-electron chi connectivity index (χ4n) is 3.93. The number of nitrogens with one attached hydrogen (secondary N) is 3. The van der Waals surface area contributed by atoms with Gasteiger partial charge in [-0.15, -0.1) is 0 Å². The molecule has 0 radical (unpaired) electrons. The Morgan fingerprint density at radius 2 is 1.74 bits per heavy atom. The van der Waals surface area contributed by atoms with E-state index < -0.39 is 36.1 Å². The Bertz CT molecular complexity index is 1070. The van der Waals surface area contributed by atoms with E-state index in [1.165, 1.54) is 12.1 Å². The van der Waals surface area contributed by atoms with E-state index in [4.69, 9.17) is 26.4 Å². The highest BCUT2D eigenvalue weighted by atomic mass is 32.1. The molecule has 2 fully saturated rings. The van der Waals surface area contributed by atoms with Crippen molar-refractivity contribution in [2.24, 2.45) is 0 Å². The second-order valence-corrected chi connectivity index (χ2v) is 8.80. The van der Waals surface area contributed by atoms with Crippen LogP contribution in [-0.2, 0) is 20.4 Å². The number of anilines is 3. The summed E-state index contributed by atoms with van der Waals surface area (Å²) in [4.78, 5) is 14.3. The molecule has 0 aromatic heterocycles. The van der Waals surface area contributed by atoms with E-state index >= 15 is 0 Å². The van der Waals surface area contributed by atoms with E-state index in [1.54, 1.807) is 0 Å². The molecule has 2 aliphatic heterocycles. The fourth-order valence-corrected chi connectivity index (χ4v) is 4.19. The van der Waals surface area contributed by atoms with Crippen LogP contribution in [0.1, 0.15) is 5.56 Å². The van der Waals surface area contributed by atoms with Gasteiger partial charge in [-0.05, 0) is 54.7 Å². The van der Waals surface area contributed by atoms with Gasteiger partial charge in [-0.3, -0.25) is 5.32 Å². The van der Waals surface area contributed by atoms with Crippen LogP contribution in [0.15, 0.2) is 48.5 Å². The van der Waals surface area contributed by atoms with Crippen molar-refractivity contribution in [3.63, 3.8) is 0 Å². The van der Waals surface area contributed by atoms with Gasteiger partial charge >= 0.3 is 12.3 Å². The Kier molecular flexibility index (Phi) is 7.33. The van der Waals surface area contributed by atoms with Gasteiger partial charge in [0, 0.05) is 31.2 Å². The third kappa shape index (κ3) is 6.13. The Balaban J connectivity index is 1.27. The van der Waals surface area contributed by atoms with Crippen molar-refractivity contribution in [2.75, 3.05) is 42.8 Å². The average molecular weight is 511 g/mol. The summed E-state index contributed by atoms with van der Waals surface area (Å²) >= 11 is 5.41. The molecule has 0 bridgehead atoms. The molecule has 1 amide bonds. The lowest BCUT2D eigenvalue weighted by Gasteiger charge is -2.20. The molecular formula is C23H25F3N4O4S. The number of alkyl halides is 3. The Morgan fingerprint density at radius 1 is 1.03 bits per heavy atom. The summed E-state index contributed by atoms with van der Waals surface area (Å²) in [5.74, 6) is 0. The summed E-state index contributed by atoms with van der Waals surface area (Å²) in [5.41, 5.74) is 0.986. The van der Waals surface area contributed by atoms with Crippen LogP contribution in [0.2, 0.25) is 0 Å². The minimum atomic E-state index is -4.51. The molecule has 12 heteroatoms. The zero-order chi connectivity index (χ0) is 25.2. The van der Waals surface area contributed by atoms with Gasteiger partial charge in [0.15, 0.2) is 11.2 Å². The van der Waals surface area contributed by atoms with Gasteiger partial charge in [0.2, 0.25) is 0 Å². The van der Waals surface area contributed by atoms with E-state index in [0.717, 1.165) is 23.5 Å². The predicted octanol–water partition coefficient (Wildman–Crippen LogP) is 3.84. The summed E-state index contributed by atoms with van der Waals surface area (Å²) in [6.07, 6.45) is -7.05. The average Bonchev–Trinajstić information content (AvgIpc) is 3.37. The van der Waals surface area contributed by atoms with Crippen molar-refractivity contribution in [1.82, 2.24) is 5.32 Å². The smallest absolute Gasteiger partial charge is 0.416 e. The number of amides is 1. The van der Waals surface area contributed by atoms with Crippen molar-refractivity contribution >= 4 is 40.5 Å². The number of hydrogen-bond acceptors (Lipinski definition) is 6. The molecule has 35 heavy (non-hydrogen) atoms. The largest absolute Gasteiger partial charge is 0.441 e. The first-order valence-electron chi connectivity index (χ1n) is 10.8. The van der Waals surface area contributed by atoms with Gasteiger partial charge < -0.3 is 29.7 Å². The molecule has 2 aliphatic rings. The minimum absolute atomic E-state index is 0.0257. The lowest BCUT2D eigenvalue weighted by Crippen LogP contribution is -2.46. The number of fused-ring (bicyclic) bond motifs is 1. The maximum absolute atomic E-state index is 12.9. The second kappa shape index (κ2) is 10.3. The number of nitrogens with zero attached hydrogens (tertiary/aromatic N) is 1. The third-order valence-electron chi connectivity index (χ3n) is 5.66. The van der Waals surface area contributed by atoms with E-state index in [1.807, 2.05) is 43.3 Å². The third-order valence-corrected chi connectivity index (χ3v) is 5.88. The van der Waals surface area contributed by atoms with Crippen LogP contribution in [-0.4, -0.2) is 62.9 Å². The van der Waals surface area contributed by atoms with Crippen LogP contribution >= 0.6 is 12.2 Å². The van der Waals surface area contributed by atoms with Crippen molar-refractivity contribution in [1.29, 1.82) is 0 Å². The van der Waals surface area contributed by atoms with Crippen LogP contribution < -0.4 is 20.9 Å². The molecule has 2 aromatic rings. The Labute approximate surface area is 205 Å². The Hall–Kier alpha value is -3.09. The lowest BCUT2D eigenvalue weighted by molar-refractivity contribution is -0.137. The summed E-state index contributed by atoms with van der Waals surface area (Å²) in [7, 11) is 3.91. The van der Waals surface area contributed by atoms with E-state index in [2.05, 4.69) is 16.0 Å². The number of ether oxygens (including phenoxy) is 3. The molecule has 4 rings (SSSR count). The second-order valence-electron chi connectivity index (χ2n) is 8.39. The van der Waals surface area contributed by atoms with Gasteiger partial charge in [0.1, 0.15) is 12.2 Å². The van der Waals surface area contributed by atoms with Crippen molar-refractivity contribution in [2.45, 2.75) is 30.5 Å². The number of halogens is 3. The number of hydrogen-bond donors (Lipinski definition) is 3. The van der Waals surface area contributed by atoms with Crippen molar-refractivity contribution < 1.29 is 32.2 Å². The van der Waals surface area contributed by atoms with Crippen molar-refractivity contribution in [3.05, 3.63) is 54.1 Å². The van der Waals surface area contributed by atoms with Gasteiger partial charge in [0.25, 0.3) is 0 Å². The number of benzene rings is 2. The highest BCUT2D eigenvalue weighted by Crippen LogP contribution is 2.32. The van der Waals surface area contributed by atoms with Crippen LogP contribution in [0, 0.1) is 0 Å². The molecule has 0 spiro atoms. The number of rotatable bonds is 5. The zero-order valence-corrected chi connectivity index (χ0v) is 19.8. The van der Waals surface area contributed by atoms with Crippen LogP contribution in [0.4, 0.5) is 35.0 Å². The monoisotopic (exact) mass is 510 g/mol. The van der Waals surface area contributed by atoms with E-state index in [9.17, 15) is 18.0 Å². The number of thiocarbonyl (C=S) groups is 1. The molecule has 188 valence electrons. The van der Waals surface area contributed by atoms with Gasteiger partial charge in [-0.2, -0.15) is 13.2 Å². The maximum atomic E-state index is 12.9. The van der Waals surface area contributed by atoms with Gasteiger partial charge in [-0.1, -0.05) is 6.07 Å². The molecule has 0 saturated carbocycles. The van der Waals surface area contributed by atoms with Crippen LogP contribution in [0.3, 0.4) is 0 Å². The highest BCUT2D eigenvalue weighted by molar-refractivity contribution is 7.80. The standard InChI is InChI=1S/C23H25F3N4O4S/c1-30(2)16-8-6-14(7-9-16)27-21(35)29-17-11-32-20-18(12-33-19(17)20)34-22(31)28-15-5-3-4-13(10-15)23(24,25)26/h3-10,17-20H,11-12H2,1-2H3,(H,28,31)(H2,27,29,35)/t17-,18+,19+,20+/m0/s1. The molecule has 2 aromatic carbocycles. The molecule has 2 saturated heterocycles. The van der Waals surface area contributed by atoms with Gasteiger partial charge in [0.05, 0.1) is 24.8 Å². The lowest BCUT2D eigenvalue weighted by atomic mass is 10.1. The predicted molar refractivity (Wildman–Crippen MR) is 129 cm³/mol. The molecule has 4 atom stereocenters. The minimum Gasteiger partial charge on any atom is -0.441 e. The number of carbonyl (C=O) groups excluding carboxylic acids is 1. The van der Waals surface area contributed by atoms with Crippen molar-refractivity contribution in [3.8, 4) is 0 Å². The first-order chi connectivity index (χ1) is 16.6. The summed E-state index contributed by atoms with van der Waals surface area (Å²) in [5, 5.41) is 9.00. The van der Waals surface area contributed by atoms with E-state index in [-0.39, 0.29) is 24.9 Å². The molecule has 8 nitrogen and oxygen atoms in total. The summed E-state index contributed by atoms with van der Waals surface area (Å²) in [6, 6.07) is 11.8. The van der Waals surface area contributed by atoms with Crippen LogP contribution in [0.25, 0.3) is 0 Å². The van der Waals surface area contributed by atoms with E-state index in [0.29, 0.717) is 5.11 Å². The highest BCUT2D eigenvalue weighted by Gasteiger charge is 2.49. The van der Waals surface area contributed by atoms with Crippen LogP contribution in [0.5, 0.6) is 0 Å². The topological polar surface area (TPSA) is 84.1 Å². The molecule has 2 heterocycles. The summed E-state index contributed by atoms with van der Waals surface area (Å²) < 4.78 is 55.6. The normalized spacial score (nSPS) is 23.3. The SMILES string of the molecule is CN(C)c1ccc(NC(=S)N[C@H]2CO[C@H]3[C@@H]2OC[C@H]3OC(=O)Nc2cccc(C(F)(F)F)c2)cc1. The Morgan fingerprint density at radius 3 is 2.43 bits per heavy atom. The van der Waals surface area contributed by atoms with Gasteiger partial charge in [-0.25, -0.2) is 4.79 Å². The molecular weight excluding hydrogens is 485 g/mol. The first-order valence-corrected chi connectivity index (χ1v) is 11.2. The summed E-state index contributed by atoms with van der Waals surface area (Å²) in [6.45, 7) is 0.377. The zero-order valence-electron chi connectivity index (χ0n) is 19.0. The first kappa shape index (κ1) is 25.0. The quantitative estimate of drug-likeness (QED) is 0.524. The molecule has 3 N–H and O–H groups in total. The maximum Gasteiger partial charge on any atom is 0.416 e.